The monoisotopic (exact) mass is 446 g/mol. The molecular formula is C31H42O2. The van der Waals surface area contributed by atoms with Gasteiger partial charge in [0.25, 0.3) is 0 Å². The summed E-state index contributed by atoms with van der Waals surface area (Å²) >= 11 is 0. The summed E-state index contributed by atoms with van der Waals surface area (Å²) < 4.78 is 0. The summed E-state index contributed by atoms with van der Waals surface area (Å²) in [4.78, 5) is 11.2. The number of carboxylic acid groups (broad SMARTS) is 1. The minimum absolute atomic E-state index is 0.183. The van der Waals surface area contributed by atoms with Gasteiger partial charge in [-0.25, -0.2) is 4.79 Å². The van der Waals surface area contributed by atoms with E-state index in [1.807, 2.05) is 12.1 Å². The lowest BCUT2D eigenvalue weighted by molar-refractivity contribution is 0.0697. The fraction of sp³-hybridized carbons (Fsp3) is 0.516. The van der Waals surface area contributed by atoms with Crippen LogP contribution < -0.4 is 0 Å². The van der Waals surface area contributed by atoms with Gasteiger partial charge in [-0.2, -0.15) is 0 Å². The van der Waals surface area contributed by atoms with Crippen molar-refractivity contribution in [2.24, 2.45) is 0 Å². The number of carboxylic acids is 1. The Morgan fingerprint density at radius 2 is 1.48 bits per heavy atom. The van der Waals surface area contributed by atoms with E-state index in [4.69, 9.17) is 0 Å². The maximum atomic E-state index is 11.2. The molecular weight excluding hydrogens is 404 g/mol. The van der Waals surface area contributed by atoms with E-state index in [0.29, 0.717) is 5.56 Å². The minimum Gasteiger partial charge on any atom is -0.478 e. The Kier molecular flexibility index (Phi) is 7.88. The van der Waals surface area contributed by atoms with Crippen molar-refractivity contribution in [2.75, 3.05) is 0 Å². The van der Waals surface area contributed by atoms with Crippen LogP contribution in [0.3, 0.4) is 0 Å². The van der Waals surface area contributed by atoms with Crippen molar-refractivity contribution in [3.05, 3.63) is 69.8 Å². The highest BCUT2D eigenvalue weighted by Crippen LogP contribution is 2.47. The number of fused-ring (bicyclic) bond motifs is 1. The quantitative estimate of drug-likeness (QED) is 0.308. The molecule has 2 heteroatoms. The molecule has 0 atom stereocenters. The molecule has 0 aliphatic heterocycles. The third-order valence-electron chi connectivity index (χ3n) is 7.59. The molecule has 0 saturated heterocycles. The van der Waals surface area contributed by atoms with E-state index in [1.54, 1.807) is 12.1 Å². The average molecular weight is 447 g/mol. The molecule has 3 rings (SSSR count). The topological polar surface area (TPSA) is 37.3 Å². The van der Waals surface area contributed by atoms with Crippen LogP contribution in [0.2, 0.25) is 0 Å². The second kappa shape index (κ2) is 10.3. The van der Waals surface area contributed by atoms with Gasteiger partial charge in [-0.05, 0) is 89.0 Å². The molecule has 0 unspecified atom stereocenters. The zero-order chi connectivity index (χ0) is 24.2. The molecule has 0 spiro atoms. The van der Waals surface area contributed by atoms with Gasteiger partial charge in [0.15, 0.2) is 0 Å². The third kappa shape index (κ3) is 5.96. The number of benzene rings is 2. The molecule has 1 aliphatic carbocycles. The first-order chi connectivity index (χ1) is 15.5. The van der Waals surface area contributed by atoms with Gasteiger partial charge in [0, 0.05) is 0 Å². The van der Waals surface area contributed by atoms with Gasteiger partial charge in [0.2, 0.25) is 0 Å². The molecule has 0 heterocycles. The smallest absolute Gasteiger partial charge is 0.335 e. The fourth-order valence-electron chi connectivity index (χ4n) is 5.20. The van der Waals surface area contributed by atoms with Crippen molar-refractivity contribution < 1.29 is 9.90 Å². The first-order valence-corrected chi connectivity index (χ1v) is 12.7. The average Bonchev–Trinajstić information content (AvgIpc) is 2.77. The number of allylic oxidation sites excluding steroid dienone is 1. The van der Waals surface area contributed by atoms with E-state index in [0.717, 1.165) is 12.0 Å². The Hall–Kier alpha value is -2.35. The van der Waals surface area contributed by atoms with Crippen LogP contribution in [0.5, 0.6) is 0 Å². The number of unbranched alkanes of at least 4 members (excludes halogenated alkanes) is 4. The number of aromatic carboxylic acids is 1. The first-order valence-electron chi connectivity index (χ1n) is 12.7. The highest BCUT2D eigenvalue weighted by atomic mass is 16.4. The Morgan fingerprint density at radius 1 is 0.909 bits per heavy atom. The van der Waals surface area contributed by atoms with E-state index >= 15 is 0 Å². The van der Waals surface area contributed by atoms with Crippen LogP contribution in [-0.2, 0) is 17.3 Å². The Bertz CT molecular complexity index is 1010. The maximum Gasteiger partial charge on any atom is 0.335 e. The highest BCUT2D eigenvalue weighted by Gasteiger charge is 2.37. The molecule has 0 bridgehead atoms. The van der Waals surface area contributed by atoms with Crippen LogP contribution in [0.15, 0.2) is 36.4 Å². The lowest BCUT2D eigenvalue weighted by Crippen LogP contribution is -2.34. The minimum atomic E-state index is -0.882. The lowest BCUT2D eigenvalue weighted by atomic mass is 9.62. The van der Waals surface area contributed by atoms with Crippen LogP contribution in [0.1, 0.15) is 125 Å². The number of aryl methyl sites for hydroxylation is 1. The molecule has 2 aromatic carbocycles. The van der Waals surface area contributed by atoms with Crippen LogP contribution in [0, 0.1) is 0 Å². The lowest BCUT2D eigenvalue weighted by Gasteiger charge is -2.42. The van der Waals surface area contributed by atoms with Crippen molar-refractivity contribution >= 4 is 17.6 Å². The van der Waals surface area contributed by atoms with Gasteiger partial charge in [-0.1, -0.05) is 90.6 Å². The molecule has 0 fully saturated rings. The number of hydrogen-bond donors (Lipinski definition) is 1. The van der Waals surface area contributed by atoms with Crippen LogP contribution in [0.25, 0.3) is 11.6 Å². The summed E-state index contributed by atoms with van der Waals surface area (Å²) in [5, 5.41) is 9.20. The van der Waals surface area contributed by atoms with Gasteiger partial charge >= 0.3 is 5.97 Å². The summed E-state index contributed by atoms with van der Waals surface area (Å²) in [5.74, 6) is -0.882. The number of carbonyl (C=O) groups is 1. The molecule has 178 valence electrons. The SMILES string of the molecule is CCCCCCCc1cc2c(cc1/C(C)=C/c1ccc(C(=O)O)cc1)C(C)(C)CCC2(C)C. The zero-order valence-corrected chi connectivity index (χ0v) is 21.6. The summed E-state index contributed by atoms with van der Waals surface area (Å²) in [6.45, 7) is 14.0. The summed E-state index contributed by atoms with van der Waals surface area (Å²) in [5.41, 5.74) is 8.88. The largest absolute Gasteiger partial charge is 0.478 e. The molecule has 0 saturated carbocycles. The Morgan fingerprint density at radius 3 is 2.06 bits per heavy atom. The van der Waals surface area contributed by atoms with Crippen LogP contribution in [0.4, 0.5) is 0 Å². The summed E-state index contributed by atoms with van der Waals surface area (Å²) in [7, 11) is 0. The van der Waals surface area contributed by atoms with Crippen molar-refractivity contribution in [3.63, 3.8) is 0 Å². The number of rotatable bonds is 9. The summed E-state index contributed by atoms with van der Waals surface area (Å²) in [6, 6.07) is 12.2. The van der Waals surface area contributed by atoms with Gasteiger partial charge in [0.1, 0.15) is 0 Å². The van der Waals surface area contributed by atoms with Crippen molar-refractivity contribution in [2.45, 2.75) is 104 Å². The molecule has 1 aliphatic rings. The van der Waals surface area contributed by atoms with Crippen molar-refractivity contribution in [3.8, 4) is 0 Å². The van der Waals surface area contributed by atoms with Gasteiger partial charge < -0.3 is 5.11 Å². The Balaban J connectivity index is 2.02. The normalized spacial score (nSPS) is 17.0. The van der Waals surface area contributed by atoms with Crippen LogP contribution >= 0.6 is 0 Å². The van der Waals surface area contributed by atoms with Gasteiger partial charge in [-0.3, -0.25) is 0 Å². The second-order valence-corrected chi connectivity index (χ2v) is 11.2. The predicted octanol–water partition coefficient (Wildman–Crippen LogP) is 8.81. The molecule has 0 radical (unpaired) electrons. The zero-order valence-electron chi connectivity index (χ0n) is 21.6. The van der Waals surface area contributed by atoms with Gasteiger partial charge in [0.05, 0.1) is 5.56 Å². The molecule has 0 aromatic heterocycles. The van der Waals surface area contributed by atoms with Crippen molar-refractivity contribution in [1.29, 1.82) is 0 Å². The van der Waals surface area contributed by atoms with E-state index in [1.165, 1.54) is 72.8 Å². The first kappa shape index (κ1) is 25.3. The molecule has 0 amide bonds. The predicted molar refractivity (Wildman–Crippen MR) is 141 cm³/mol. The molecule has 1 N–H and O–H groups in total. The second-order valence-electron chi connectivity index (χ2n) is 11.2. The fourth-order valence-corrected chi connectivity index (χ4v) is 5.20. The Labute approximate surface area is 201 Å². The third-order valence-corrected chi connectivity index (χ3v) is 7.59. The van der Waals surface area contributed by atoms with Crippen molar-refractivity contribution in [1.82, 2.24) is 0 Å². The molecule has 2 nitrogen and oxygen atoms in total. The highest BCUT2D eigenvalue weighted by molar-refractivity contribution is 5.88. The van der Waals surface area contributed by atoms with Crippen LogP contribution in [-0.4, -0.2) is 11.1 Å². The van der Waals surface area contributed by atoms with E-state index in [2.05, 4.69) is 59.8 Å². The van der Waals surface area contributed by atoms with E-state index < -0.39 is 5.97 Å². The van der Waals surface area contributed by atoms with E-state index in [9.17, 15) is 9.90 Å². The summed E-state index contributed by atoms with van der Waals surface area (Å²) in [6.07, 6.45) is 12.2. The van der Waals surface area contributed by atoms with Gasteiger partial charge in [-0.15, -0.1) is 0 Å². The standard InChI is InChI=1S/C31H42O2/c1-7-8-9-10-11-12-25-20-27-28(31(5,6)18-17-30(27,3)4)21-26(25)22(2)19-23-13-15-24(16-14-23)29(32)33/h13-16,19-21H,7-12,17-18H2,1-6H3,(H,32,33)/b22-19+. The molecule has 33 heavy (non-hydrogen) atoms. The number of hydrogen-bond acceptors (Lipinski definition) is 1. The maximum absolute atomic E-state index is 11.2. The van der Waals surface area contributed by atoms with E-state index in [-0.39, 0.29) is 10.8 Å². The molecule has 2 aromatic rings.